The predicted molar refractivity (Wildman–Crippen MR) is 94.7 cm³/mol. The lowest BCUT2D eigenvalue weighted by Crippen LogP contribution is -2.40. The fraction of sp³-hybridized carbons (Fsp3) is 0.650. The molecule has 0 aliphatic carbocycles. The Morgan fingerprint density at radius 2 is 2.00 bits per heavy atom. The summed E-state index contributed by atoms with van der Waals surface area (Å²) in [5, 5.41) is 0. The molecule has 1 atom stereocenters. The summed E-state index contributed by atoms with van der Waals surface area (Å²) in [6.07, 6.45) is 10.3. The van der Waals surface area contributed by atoms with E-state index in [1.807, 2.05) is 18.2 Å². The molecule has 0 unspecified atom stereocenters. The van der Waals surface area contributed by atoms with Gasteiger partial charge in [0.2, 0.25) is 0 Å². The number of benzene rings is 1. The first-order valence-corrected chi connectivity index (χ1v) is 9.27. The number of esters is 1. The monoisotopic (exact) mass is 317 g/mol. The number of carbonyl (C=O) groups excluding carboxylic acids is 1. The lowest BCUT2D eigenvalue weighted by Gasteiger charge is -2.35. The van der Waals surface area contributed by atoms with Crippen molar-refractivity contribution in [2.24, 2.45) is 0 Å². The highest BCUT2D eigenvalue weighted by molar-refractivity contribution is 5.89. The first-order chi connectivity index (χ1) is 11.3. The summed E-state index contributed by atoms with van der Waals surface area (Å²) < 4.78 is 5.39. The van der Waals surface area contributed by atoms with E-state index in [0.29, 0.717) is 12.2 Å². The fourth-order valence-electron chi connectivity index (χ4n) is 3.40. The Hall–Kier alpha value is -1.35. The zero-order valence-electron chi connectivity index (χ0n) is 14.5. The second kappa shape index (κ2) is 10.4. The Morgan fingerprint density at radius 1 is 1.17 bits per heavy atom. The third-order valence-corrected chi connectivity index (χ3v) is 4.72. The van der Waals surface area contributed by atoms with Gasteiger partial charge in [-0.1, -0.05) is 50.8 Å². The maximum atomic E-state index is 11.9. The van der Waals surface area contributed by atoms with Gasteiger partial charge in [0.1, 0.15) is 0 Å². The smallest absolute Gasteiger partial charge is 0.338 e. The van der Waals surface area contributed by atoms with E-state index in [0.717, 1.165) is 19.0 Å². The SMILES string of the molecule is CCCCC[C@H]1CCCCN1CCCOC(=O)c1ccccc1. The van der Waals surface area contributed by atoms with Gasteiger partial charge in [-0.2, -0.15) is 0 Å². The largest absolute Gasteiger partial charge is 0.462 e. The maximum Gasteiger partial charge on any atom is 0.338 e. The molecule has 1 aromatic carbocycles. The molecule has 3 nitrogen and oxygen atoms in total. The van der Waals surface area contributed by atoms with Gasteiger partial charge in [0.15, 0.2) is 0 Å². The Bertz CT molecular complexity index is 446. The van der Waals surface area contributed by atoms with Crippen LogP contribution in [0.1, 0.15) is 68.6 Å². The normalized spacial score (nSPS) is 18.7. The van der Waals surface area contributed by atoms with Crippen molar-refractivity contribution in [3.8, 4) is 0 Å². The minimum Gasteiger partial charge on any atom is -0.462 e. The van der Waals surface area contributed by atoms with Crippen molar-refractivity contribution in [3.05, 3.63) is 35.9 Å². The van der Waals surface area contributed by atoms with E-state index in [4.69, 9.17) is 4.74 Å². The molecule has 0 N–H and O–H groups in total. The van der Waals surface area contributed by atoms with Gasteiger partial charge < -0.3 is 9.64 Å². The van der Waals surface area contributed by atoms with E-state index in [1.165, 1.54) is 51.5 Å². The molecule has 1 heterocycles. The van der Waals surface area contributed by atoms with Crippen LogP contribution in [0.2, 0.25) is 0 Å². The third-order valence-electron chi connectivity index (χ3n) is 4.72. The van der Waals surface area contributed by atoms with Crippen molar-refractivity contribution in [3.63, 3.8) is 0 Å². The fourth-order valence-corrected chi connectivity index (χ4v) is 3.40. The van der Waals surface area contributed by atoms with Gasteiger partial charge in [-0.05, 0) is 44.4 Å². The molecule has 0 bridgehead atoms. The number of likely N-dealkylation sites (tertiary alicyclic amines) is 1. The predicted octanol–water partition coefficient (Wildman–Crippen LogP) is 4.67. The average Bonchev–Trinajstić information content (AvgIpc) is 2.60. The Kier molecular flexibility index (Phi) is 8.16. The average molecular weight is 317 g/mol. The van der Waals surface area contributed by atoms with Gasteiger partial charge in [0.25, 0.3) is 0 Å². The maximum absolute atomic E-state index is 11.9. The Morgan fingerprint density at radius 3 is 2.78 bits per heavy atom. The molecular formula is C20H31NO2. The highest BCUT2D eigenvalue weighted by Crippen LogP contribution is 2.22. The van der Waals surface area contributed by atoms with Crippen LogP contribution in [0.5, 0.6) is 0 Å². The molecule has 1 fully saturated rings. The van der Waals surface area contributed by atoms with Crippen molar-refractivity contribution < 1.29 is 9.53 Å². The van der Waals surface area contributed by atoms with Crippen LogP contribution in [0.3, 0.4) is 0 Å². The molecule has 128 valence electrons. The molecule has 23 heavy (non-hydrogen) atoms. The van der Waals surface area contributed by atoms with Crippen LogP contribution < -0.4 is 0 Å². The minimum atomic E-state index is -0.205. The van der Waals surface area contributed by atoms with Crippen molar-refractivity contribution in [2.75, 3.05) is 19.7 Å². The van der Waals surface area contributed by atoms with Crippen molar-refractivity contribution >= 4 is 5.97 Å². The third kappa shape index (κ3) is 6.34. The van der Waals surface area contributed by atoms with Crippen LogP contribution in [0.4, 0.5) is 0 Å². The summed E-state index contributed by atoms with van der Waals surface area (Å²) in [6.45, 7) is 5.05. The topological polar surface area (TPSA) is 29.5 Å². The number of nitrogens with zero attached hydrogens (tertiary/aromatic N) is 1. The molecule has 0 radical (unpaired) electrons. The lowest BCUT2D eigenvalue weighted by atomic mass is 9.96. The molecule has 1 aromatic rings. The van der Waals surface area contributed by atoms with E-state index in [9.17, 15) is 4.79 Å². The summed E-state index contributed by atoms with van der Waals surface area (Å²) in [5.41, 5.74) is 0.642. The molecule has 2 rings (SSSR count). The zero-order chi connectivity index (χ0) is 16.3. The first-order valence-electron chi connectivity index (χ1n) is 9.27. The van der Waals surface area contributed by atoms with Gasteiger partial charge in [0.05, 0.1) is 12.2 Å². The standard InChI is InChI=1S/C20H31NO2/c1-2-3-5-13-19-14-8-9-15-21(19)16-10-17-23-20(22)18-11-6-4-7-12-18/h4,6-7,11-12,19H,2-3,5,8-10,13-17H2,1H3/t19-/m0/s1. The van der Waals surface area contributed by atoms with Crippen LogP contribution in [0.15, 0.2) is 30.3 Å². The summed E-state index contributed by atoms with van der Waals surface area (Å²) in [4.78, 5) is 14.5. The molecule has 1 saturated heterocycles. The molecule has 1 aliphatic heterocycles. The van der Waals surface area contributed by atoms with Gasteiger partial charge in [-0.3, -0.25) is 0 Å². The second-order valence-electron chi connectivity index (χ2n) is 6.54. The van der Waals surface area contributed by atoms with Crippen molar-refractivity contribution in [1.82, 2.24) is 4.90 Å². The zero-order valence-corrected chi connectivity index (χ0v) is 14.5. The second-order valence-corrected chi connectivity index (χ2v) is 6.54. The van der Waals surface area contributed by atoms with Gasteiger partial charge in [0, 0.05) is 12.6 Å². The van der Waals surface area contributed by atoms with E-state index in [1.54, 1.807) is 12.1 Å². The van der Waals surface area contributed by atoms with E-state index < -0.39 is 0 Å². The summed E-state index contributed by atoms with van der Waals surface area (Å²) in [7, 11) is 0. The highest BCUT2D eigenvalue weighted by atomic mass is 16.5. The Balaban J connectivity index is 1.66. The molecule has 0 aromatic heterocycles. The van der Waals surface area contributed by atoms with Gasteiger partial charge in [-0.15, -0.1) is 0 Å². The molecule has 1 aliphatic rings. The van der Waals surface area contributed by atoms with Gasteiger partial charge >= 0.3 is 5.97 Å². The number of hydrogen-bond acceptors (Lipinski definition) is 3. The summed E-state index contributed by atoms with van der Waals surface area (Å²) in [5.74, 6) is -0.205. The van der Waals surface area contributed by atoms with Gasteiger partial charge in [-0.25, -0.2) is 4.79 Å². The summed E-state index contributed by atoms with van der Waals surface area (Å²) in [6, 6.07) is 10.00. The van der Waals surface area contributed by atoms with Crippen molar-refractivity contribution in [1.29, 1.82) is 0 Å². The molecular weight excluding hydrogens is 286 g/mol. The van der Waals surface area contributed by atoms with Crippen LogP contribution >= 0.6 is 0 Å². The van der Waals surface area contributed by atoms with Crippen LogP contribution in [0, 0.1) is 0 Å². The van der Waals surface area contributed by atoms with Crippen LogP contribution in [-0.4, -0.2) is 36.6 Å². The summed E-state index contributed by atoms with van der Waals surface area (Å²) >= 11 is 0. The van der Waals surface area contributed by atoms with Crippen LogP contribution in [-0.2, 0) is 4.74 Å². The highest BCUT2D eigenvalue weighted by Gasteiger charge is 2.21. The number of rotatable bonds is 9. The molecule has 3 heteroatoms. The van der Waals surface area contributed by atoms with E-state index in [-0.39, 0.29) is 5.97 Å². The number of carbonyl (C=O) groups is 1. The number of hydrogen-bond donors (Lipinski definition) is 0. The van der Waals surface area contributed by atoms with Crippen LogP contribution in [0.25, 0.3) is 0 Å². The molecule has 0 spiro atoms. The number of unbranched alkanes of at least 4 members (excludes halogenated alkanes) is 2. The molecule has 0 amide bonds. The lowest BCUT2D eigenvalue weighted by molar-refractivity contribution is 0.0470. The quantitative estimate of drug-likeness (QED) is 0.490. The minimum absolute atomic E-state index is 0.205. The first kappa shape index (κ1) is 18.0. The number of ether oxygens (including phenoxy) is 1. The number of piperidine rings is 1. The Labute approximate surface area is 141 Å². The molecule has 0 saturated carbocycles. The van der Waals surface area contributed by atoms with E-state index in [2.05, 4.69) is 11.8 Å². The van der Waals surface area contributed by atoms with Crippen molar-refractivity contribution in [2.45, 2.75) is 64.3 Å². The van der Waals surface area contributed by atoms with E-state index >= 15 is 0 Å².